The average Bonchev–Trinajstić information content (AvgIpc) is 2.96. The Kier molecular flexibility index (Phi) is 4.31. The molecule has 0 amide bonds. The molecule has 1 aromatic rings. The Bertz CT molecular complexity index is 603. The van der Waals surface area contributed by atoms with Crippen molar-refractivity contribution in [2.75, 3.05) is 20.2 Å². The van der Waals surface area contributed by atoms with Crippen molar-refractivity contribution in [2.45, 2.75) is 42.8 Å². The summed E-state index contributed by atoms with van der Waals surface area (Å²) in [6.07, 6.45) is 2.98. The number of ether oxygens (including phenoxy) is 1. The number of benzene rings is 1. The lowest BCUT2D eigenvalue weighted by Crippen LogP contribution is -2.51. The molecule has 1 aliphatic carbocycles. The summed E-state index contributed by atoms with van der Waals surface area (Å²) >= 11 is 0. The highest BCUT2D eigenvalue weighted by molar-refractivity contribution is 7.89. The van der Waals surface area contributed by atoms with E-state index in [2.05, 4.69) is 5.32 Å². The van der Waals surface area contributed by atoms with Crippen molar-refractivity contribution in [1.29, 1.82) is 0 Å². The van der Waals surface area contributed by atoms with Crippen molar-refractivity contribution in [3.8, 4) is 0 Å². The molecule has 2 atom stereocenters. The molecule has 21 heavy (non-hydrogen) atoms. The molecule has 1 saturated heterocycles. The van der Waals surface area contributed by atoms with E-state index in [1.165, 1.54) is 0 Å². The van der Waals surface area contributed by atoms with Gasteiger partial charge < -0.3 is 10.1 Å². The smallest absolute Gasteiger partial charge is 0.243 e. The predicted molar refractivity (Wildman–Crippen MR) is 80.5 cm³/mol. The maximum atomic E-state index is 13.1. The number of hydrogen-bond acceptors (Lipinski definition) is 4. The summed E-state index contributed by atoms with van der Waals surface area (Å²) in [6, 6.07) is 7.26. The predicted octanol–water partition coefficient (Wildman–Crippen LogP) is 1.35. The molecule has 0 aromatic heterocycles. The fourth-order valence-electron chi connectivity index (χ4n) is 3.41. The Morgan fingerprint density at radius 1 is 1.33 bits per heavy atom. The third kappa shape index (κ3) is 2.73. The zero-order chi connectivity index (χ0) is 14.9. The van der Waals surface area contributed by atoms with Gasteiger partial charge in [0, 0.05) is 13.1 Å². The van der Waals surface area contributed by atoms with Crippen LogP contribution in [-0.2, 0) is 21.3 Å². The van der Waals surface area contributed by atoms with Gasteiger partial charge in [-0.05, 0) is 37.9 Å². The van der Waals surface area contributed by atoms with Crippen molar-refractivity contribution in [2.24, 2.45) is 0 Å². The molecule has 2 aliphatic rings. The zero-order valence-electron chi connectivity index (χ0n) is 12.3. The summed E-state index contributed by atoms with van der Waals surface area (Å²) in [5.74, 6) is 0. The van der Waals surface area contributed by atoms with Gasteiger partial charge in [-0.2, -0.15) is 4.31 Å². The van der Waals surface area contributed by atoms with Gasteiger partial charge in [0.1, 0.15) is 0 Å². The van der Waals surface area contributed by atoms with E-state index < -0.39 is 10.0 Å². The molecule has 1 heterocycles. The van der Waals surface area contributed by atoms with Gasteiger partial charge in [-0.25, -0.2) is 8.42 Å². The SMILES string of the molecule is CNCc1ccccc1S(=O)(=O)N1CCOC2CCCC21. The Balaban J connectivity index is 1.96. The summed E-state index contributed by atoms with van der Waals surface area (Å²) in [4.78, 5) is 0.423. The largest absolute Gasteiger partial charge is 0.375 e. The van der Waals surface area contributed by atoms with Crippen molar-refractivity contribution in [1.82, 2.24) is 9.62 Å². The van der Waals surface area contributed by atoms with E-state index in [9.17, 15) is 8.42 Å². The van der Waals surface area contributed by atoms with Crippen LogP contribution >= 0.6 is 0 Å². The fraction of sp³-hybridized carbons (Fsp3) is 0.600. The number of hydrogen-bond donors (Lipinski definition) is 1. The fourth-order valence-corrected chi connectivity index (χ4v) is 5.29. The van der Waals surface area contributed by atoms with Crippen molar-refractivity contribution >= 4 is 10.0 Å². The molecule has 2 fully saturated rings. The van der Waals surface area contributed by atoms with Crippen molar-refractivity contribution < 1.29 is 13.2 Å². The Labute approximate surface area is 126 Å². The van der Waals surface area contributed by atoms with E-state index in [0.29, 0.717) is 24.6 Å². The lowest BCUT2D eigenvalue weighted by molar-refractivity contribution is -0.0241. The summed E-state index contributed by atoms with van der Waals surface area (Å²) in [6.45, 7) is 1.50. The molecule has 0 bridgehead atoms. The second kappa shape index (κ2) is 6.04. The van der Waals surface area contributed by atoms with E-state index >= 15 is 0 Å². The third-order valence-electron chi connectivity index (χ3n) is 4.36. The van der Waals surface area contributed by atoms with Gasteiger partial charge in [0.15, 0.2) is 0 Å². The number of morpholine rings is 1. The minimum absolute atomic E-state index is 0.00592. The van der Waals surface area contributed by atoms with E-state index in [1.54, 1.807) is 16.4 Å². The second-order valence-electron chi connectivity index (χ2n) is 5.66. The number of fused-ring (bicyclic) bond motifs is 1. The Morgan fingerprint density at radius 3 is 2.95 bits per heavy atom. The minimum atomic E-state index is -3.46. The number of nitrogens with one attached hydrogen (secondary N) is 1. The molecule has 2 unspecified atom stereocenters. The lowest BCUT2D eigenvalue weighted by Gasteiger charge is -2.36. The lowest BCUT2D eigenvalue weighted by atomic mass is 10.2. The molecule has 0 radical (unpaired) electrons. The van der Waals surface area contributed by atoms with Crippen LogP contribution in [0.25, 0.3) is 0 Å². The summed E-state index contributed by atoms with van der Waals surface area (Å²) < 4.78 is 33.5. The maximum absolute atomic E-state index is 13.1. The number of rotatable bonds is 4. The van der Waals surface area contributed by atoms with Crippen LogP contribution in [0, 0.1) is 0 Å². The molecule has 3 rings (SSSR count). The molecule has 6 heteroatoms. The first-order valence-corrected chi connectivity index (χ1v) is 8.94. The van der Waals surface area contributed by atoms with Crippen LogP contribution in [-0.4, -0.2) is 45.1 Å². The highest BCUT2D eigenvalue weighted by Gasteiger charge is 2.42. The van der Waals surface area contributed by atoms with Crippen LogP contribution in [0.3, 0.4) is 0 Å². The molecule has 1 aromatic carbocycles. The normalized spacial score (nSPS) is 26.7. The van der Waals surface area contributed by atoms with E-state index in [4.69, 9.17) is 4.74 Å². The molecule has 5 nitrogen and oxygen atoms in total. The van der Waals surface area contributed by atoms with E-state index in [0.717, 1.165) is 24.8 Å². The number of sulfonamides is 1. The first-order valence-electron chi connectivity index (χ1n) is 7.50. The third-order valence-corrected chi connectivity index (χ3v) is 6.38. The van der Waals surface area contributed by atoms with Gasteiger partial charge in [-0.15, -0.1) is 0 Å². The Hall–Kier alpha value is -0.950. The van der Waals surface area contributed by atoms with Crippen LogP contribution in [0.15, 0.2) is 29.2 Å². The van der Waals surface area contributed by atoms with Crippen LogP contribution in [0.5, 0.6) is 0 Å². The van der Waals surface area contributed by atoms with Crippen LogP contribution in [0.4, 0.5) is 0 Å². The summed E-state index contributed by atoms with van der Waals surface area (Å²) in [7, 11) is -1.63. The van der Waals surface area contributed by atoms with Gasteiger partial charge in [-0.1, -0.05) is 18.2 Å². The average molecular weight is 310 g/mol. The maximum Gasteiger partial charge on any atom is 0.243 e. The van der Waals surface area contributed by atoms with Crippen LogP contribution in [0.2, 0.25) is 0 Å². The molecule has 0 spiro atoms. The monoisotopic (exact) mass is 310 g/mol. The van der Waals surface area contributed by atoms with Gasteiger partial charge in [-0.3, -0.25) is 0 Å². The minimum Gasteiger partial charge on any atom is -0.375 e. The molecular weight excluding hydrogens is 288 g/mol. The first kappa shape index (κ1) is 15.0. The van der Waals surface area contributed by atoms with Gasteiger partial charge in [0.2, 0.25) is 10.0 Å². The zero-order valence-corrected chi connectivity index (χ0v) is 13.1. The van der Waals surface area contributed by atoms with Gasteiger partial charge in [0.05, 0.1) is 23.6 Å². The van der Waals surface area contributed by atoms with Crippen molar-refractivity contribution in [3.63, 3.8) is 0 Å². The van der Waals surface area contributed by atoms with Gasteiger partial charge in [0.25, 0.3) is 0 Å². The Morgan fingerprint density at radius 2 is 2.14 bits per heavy atom. The van der Waals surface area contributed by atoms with Crippen LogP contribution < -0.4 is 5.32 Å². The quantitative estimate of drug-likeness (QED) is 0.912. The molecular formula is C15H22N2O3S. The molecule has 116 valence electrons. The number of nitrogens with zero attached hydrogens (tertiary/aromatic N) is 1. The van der Waals surface area contributed by atoms with E-state index in [-0.39, 0.29) is 12.1 Å². The van der Waals surface area contributed by atoms with E-state index in [1.807, 2.05) is 19.2 Å². The molecule has 1 aliphatic heterocycles. The van der Waals surface area contributed by atoms with Crippen LogP contribution in [0.1, 0.15) is 24.8 Å². The second-order valence-corrected chi connectivity index (χ2v) is 7.52. The standard InChI is InChI=1S/C15H22N2O3S/c1-16-11-12-5-2-3-8-15(12)21(18,19)17-9-10-20-14-7-4-6-13(14)17/h2-3,5,8,13-14,16H,4,6-7,9-11H2,1H3. The summed E-state index contributed by atoms with van der Waals surface area (Å²) in [5, 5.41) is 3.04. The van der Waals surface area contributed by atoms with Gasteiger partial charge >= 0.3 is 0 Å². The topological polar surface area (TPSA) is 58.6 Å². The molecule has 1 N–H and O–H groups in total. The van der Waals surface area contributed by atoms with Crippen molar-refractivity contribution in [3.05, 3.63) is 29.8 Å². The molecule has 1 saturated carbocycles. The highest BCUT2D eigenvalue weighted by atomic mass is 32.2. The summed E-state index contributed by atoms with van der Waals surface area (Å²) in [5.41, 5.74) is 0.820. The highest BCUT2D eigenvalue weighted by Crippen LogP contribution is 2.34. The first-order chi connectivity index (χ1) is 10.1.